The molecule has 1 aromatic carbocycles. The van der Waals surface area contributed by atoms with Crippen LogP contribution in [0.3, 0.4) is 0 Å². The Morgan fingerprint density at radius 2 is 2.28 bits per heavy atom. The van der Waals surface area contributed by atoms with Gasteiger partial charge >= 0.3 is 0 Å². The molecule has 0 saturated heterocycles. The number of nitrogen functional groups attached to an aromatic ring is 1. The van der Waals surface area contributed by atoms with E-state index in [0.717, 1.165) is 11.1 Å². The van der Waals surface area contributed by atoms with E-state index in [1.165, 1.54) is 0 Å². The lowest BCUT2D eigenvalue weighted by Gasteiger charge is -2.09. The first-order chi connectivity index (χ1) is 8.79. The second kappa shape index (κ2) is 4.23. The predicted molar refractivity (Wildman–Crippen MR) is 63.2 cm³/mol. The number of aromatic nitrogens is 1. The number of nitrogens with zero attached hydrogens (tertiary/aromatic N) is 1. The van der Waals surface area contributed by atoms with Crippen LogP contribution in [0.15, 0.2) is 22.7 Å². The van der Waals surface area contributed by atoms with E-state index in [9.17, 15) is 0 Å². The molecule has 2 heterocycles. The van der Waals surface area contributed by atoms with Crippen molar-refractivity contribution in [1.82, 2.24) is 5.16 Å². The number of hydrogen-bond acceptors (Lipinski definition) is 6. The molecule has 0 spiro atoms. The summed E-state index contributed by atoms with van der Waals surface area (Å²) in [5, 5.41) is 3.68. The fourth-order valence-corrected chi connectivity index (χ4v) is 1.96. The van der Waals surface area contributed by atoms with Crippen LogP contribution in [0, 0.1) is 0 Å². The third-order valence-electron chi connectivity index (χ3n) is 2.72. The number of rotatable bonds is 3. The average molecular weight is 248 g/mol. The molecule has 6 nitrogen and oxygen atoms in total. The van der Waals surface area contributed by atoms with Gasteiger partial charge in [-0.15, -0.1) is 0 Å². The standard InChI is InChI=1S/C12H12N2O4/c1-15-5-8-7(10-4-11(13)14-18-10)2-3-9-12(8)17-6-16-9/h2-4H,5-6H2,1H3,(H2,13,14). The number of nitrogens with two attached hydrogens (primary N) is 1. The van der Waals surface area contributed by atoms with Gasteiger partial charge in [0.1, 0.15) is 0 Å². The second-order valence-corrected chi connectivity index (χ2v) is 3.87. The summed E-state index contributed by atoms with van der Waals surface area (Å²) in [7, 11) is 1.62. The van der Waals surface area contributed by atoms with Gasteiger partial charge in [0.05, 0.1) is 6.61 Å². The number of ether oxygens (including phenoxy) is 3. The van der Waals surface area contributed by atoms with Crippen molar-refractivity contribution in [2.24, 2.45) is 0 Å². The fourth-order valence-electron chi connectivity index (χ4n) is 1.96. The molecule has 0 saturated carbocycles. The molecule has 94 valence electrons. The lowest BCUT2D eigenvalue weighted by molar-refractivity contribution is 0.163. The molecule has 0 amide bonds. The SMILES string of the molecule is COCc1c(-c2cc(N)no2)ccc2c1OCO2. The summed E-state index contributed by atoms with van der Waals surface area (Å²) in [5.74, 6) is 2.31. The maximum Gasteiger partial charge on any atom is 0.231 e. The minimum atomic E-state index is 0.216. The number of anilines is 1. The van der Waals surface area contributed by atoms with Crippen LogP contribution in [-0.4, -0.2) is 19.1 Å². The number of hydrogen-bond donors (Lipinski definition) is 1. The zero-order valence-electron chi connectivity index (χ0n) is 9.80. The molecule has 0 bridgehead atoms. The van der Waals surface area contributed by atoms with Crippen LogP contribution in [0.1, 0.15) is 5.56 Å². The largest absolute Gasteiger partial charge is 0.454 e. The second-order valence-electron chi connectivity index (χ2n) is 3.87. The molecule has 6 heteroatoms. The van der Waals surface area contributed by atoms with Gasteiger partial charge in [0.25, 0.3) is 0 Å². The highest BCUT2D eigenvalue weighted by atomic mass is 16.7. The van der Waals surface area contributed by atoms with Crippen molar-refractivity contribution in [3.05, 3.63) is 23.8 Å². The van der Waals surface area contributed by atoms with E-state index in [0.29, 0.717) is 29.7 Å². The molecular weight excluding hydrogens is 236 g/mol. The van der Waals surface area contributed by atoms with Gasteiger partial charge in [-0.3, -0.25) is 0 Å². The van der Waals surface area contributed by atoms with Crippen LogP contribution in [0.4, 0.5) is 5.82 Å². The van der Waals surface area contributed by atoms with Gasteiger partial charge in [-0.25, -0.2) is 0 Å². The van der Waals surface area contributed by atoms with Gasteiger partial charge in [0, 0.05) is 24.3 Å². The van der Waals surface area contributed by atoms with Gasteiger partial charge in [-0.1, -0.05) is 5.16 Å². The van der Waals surface area contributed by atoms with Crippen molar-refractivity contribution in [3.63, 3.8) is 0 Å². The van der Waals surface area contributed by atoms with E-state index < -0.39 is 0 Å². The van der Waals surface area contributed by atoms with E-state index in [1.807, 2.05) is 12.1 Å². The van der Waals surface area contributed by atoms with Crippen molar-refractivity contribution in [2.75, 3.05) is 19.6 Å². The summed E-state index contributed by atoms with van der Waals surface area (Å²) in [6, 6.07) is 5.37. The minimum Gasteiger partial charge on any atom is -0.454 e. The van der Waals surface area contributed by atoms with Gasteiger partial charge < -0.3 is 24.5 Å². The molecule has 3 rings (SSSR count). The Bertz CT molecular complexity index is 579. The summed E-state index contributed by atoms with van der Waals surface area (Å²) in [6.45, 7) is 0.608. The first kappa shape index (κ1) is 10.9. The first-order valence-corrected chi connectivity index (χ1v) is 5.42. The van der Waals surface area contributed by atoms with Crippen molar-refractivity contribution >= 4 is 5.82 Å². The zero-order chi connectivity index (χ0) is 12.5. The highest BCUT2D eigenvalue weighted by Crippen LogP contribution is 2.41. The summed E-state index contributed by atoms with van der Waals surface area (Å²) in [6.07, 6.45) is 0. The summed E-state index contributed by atoms with van der Waals surface area (Å²) in [5.41, 5.74) is 7.26. The van der Waals surface area contributed by atoms with Crippen LogP contribution in [-0.2, 0) is 11.3 Å². The molecule has 2 N–H and O–H groups in total. The predicted octanol–water partition coefficient (Wildman–Crippen LogP) is 1.80. The Morgan fingerprint density at radius 3 is 3.00 bits per heavy atom. The Kier molecular flexibility index (Phi) is 2.56. The minimum absolute atomic E-state index is 0.216. The fraction of sp³-hybridized carbons (Fsp3) is 0.250. The van der Waals surface area contributed by atoms with Crippen LogP contribution < -0.4 is 15.2 Å². The first-order valence-electron chi connectivity index (χ1n) is 5.42. The third kappa shape index (κ3) is 1.67. The molecule has 0 atom stereocenters. The molecule has 1 aliphatic rings. The lowest BCUT2D eigenvalue weighted by atomic mass is 10.0. The quantitative estimate of drug-likeness (QED) is 0.892. The summed E-state index contributed by atoms with van der Waals surface area (Å²) < 4.78 is 21.2. The molecule has 18 heavy (non-hydrogen) atoms. The van der Waals surface area contributed by atoms with Crippen LogP contribution >= 0.6 is 0 Å². The smallest absolute Gasteiger partial charge is 0.231 e. The highest BCUT2D eigenvalue weighted by Gasteiger charge is 2.23. The summed E-state index contributed by atoms with van der Waals surface area (Å²) in [4.78, 5) is 0. The number of fused-ring (bicyclic) bond motifs is 1. The maximum absolute atomic E-state index is 5.56. The molecule has 0 aliphatic carbocycles. The monoisotopic (exact) mass is 248 g/mol. The maximum atomic E-state index is 5.56. The van der Waals surface area contributed by atoms with Crippen LogP contribution in [0.25, 0.3) is 11.3 Å². The van der Waals surface area contributed by atoms with Gasteiger partial charge in [0.15, 0.2) is 23.1 Å². The Morgan fingerprint density at radius 1 is 1.39 bits per heavy atom. The third-order valence-corrected chi connectivity index (χ3v) is 2.72. The van der Waals surface area contributed by atoms with Crippen LogP contribution in [0.5, 0.6) is 11.5 Å². The van der Waals surface area contributed by atoms with E-state index in [1.54, 1.807) is 13.2 Å². The van der Waals surface area contributed by atoms with E-state index >= 15 is 0 Å². The average Bonchev–Trinajstić information content (AvgIpc) is 2.98. The van der Waals surface area contributed by atoms with Crippen molar-refractivity contribution < 1.29 is 18.7 Å². The van der Waals surface area contributed by atoms with Crippen molar-refractivity contribution in [2.45, 2.75) is 6.61 Å². The van der Waals surface area contributed by atoms with Crippen molar-refractivity contribution in [3.8, 4) is 22.8 Å². The van der Waals surface area contributed by atoms with Crippen LogP contribution in [0.2, 0.25) is 0 Å². The Balaban J connectivity index is 2.14. The van der Waals surface area contributed by atoms with E-state index in [-0.39, 0.29) is 6.79 Å². The van der Waals surface area contributed by atoms with Crippen molar-refractivity contribution in [1.29, 1.82) is 0 Å². The van der Waals surface area contributed by atoms with Gasteiger partial charge in [-0.2, -0.15) is 0 Å². The topological polar surface area (TPSA) is 79.7 Å². The molecule has 1 aliphatic heterocycles. The molecule has 0 fully saturated rings. The Labute approximate surface area is 103 Å². The zero-order valence-corrected chi connectivity index (χ0v) is 9.80. The molecule has 0 radical (unpaired) electrons. The van der Waals surface area contributed by atoms with E-state index in [2.05, 4.69) is 5.16 Å². The normalized spacial score (nSPS) is 12.9. The lowest BCUT2D eigenvalue weighted by Crippen LogP contribution is -1.96. The molecule has 2 aromatic rings. The van der Waals surface area contributed by atoms with E-state index in [4.69, 9.17) is 24.5 Å². The molecule has 1 aromatic heterocycles. The molecule has 0 unspecified atom stereocenters. The summed E-state index contributed by atoms with van der Waals surface area (Å²) >= 11 is 0. The number of methoxy groups -OCH3 is 1. The Hall–Kier alpha value is -2.21. The molecular formula is C12H12N2O4. The number of benzene rings is 1. The highest BCUT2D eigenvalue weighted by molar-refractivity contribution is 5.70. The van der Waals surface area contributed by atoms with Gasteiger partial charge in [-0.05, 0) is 12.1 Å². The van der Waals surface area contributed by atoms with Gasteiger partial charge in [0.2, 0.25) is 6.79 Å².